The molecule has 8 heteroatoms. The number of aromatic nitrogens is 2. The normalized spacial score (nSPS) is 18.0. The van der Waals surface area contributed by atoms with E-state index >= 15 is 0 Å². The van der Waals surface area contributed by atoms with Crippen molar-refractivity contribution in [2.24, 2.45) is 7.05 Å². The van der Waals surface area contributed by atoms with Gasteiger partial charge in [0.1, 0.15) is 5.82 Å². The van der Waals surface area contributed by atoms with Crippen LogP contribution in [0.25, 0.3) is 11.0 Å². The van der Waals surface area contributed by atoms with Gasteiger partial charge in [0.05, 0.1) is 16.5 Å². The van der Waals surface area contributed by atoms with E-state index < -0.39 is 30.6 Å². The second-order valence-corrected chi connectivity index (χ2v) is 5.13. The number of carboxylic acid groups (broad SMARTS) is 1. The zero-order chi connectivity index (χ0) is 24.0. The minimum atomic E-state index is -3.22. The lowest BCUT2D eigenvalue weighted by Crippen LogP contribution is -2.27. The number of carboxylic acids is 1. The number of benzene rings is 1. The predicted molar refractivity (Wildman–Crippen MR) is 102 cm³/mol. The summed E-state index contributed by atoms with van der Waals surface area (Å²) in [4.78, 5) is 15.3. The van der Waals surface area contributed by atoms with Crippen LogP contribution in [0, 0.1) is 0 Å². The van der Waals surface area contributed by atoms with Gasteiger partial charge in [0.25, 0.3) is 0 Å². The number of nitrogens with zero attached hydrogens (tertiary/aromatic N) is 3. The lowest BCUT2D eigenvalue weighted by Gasteiger charge is -2.22. The molecule has 0 bridgehead atoms. The van der Waals surface area contributed by atoms with Crippen LogP contribution >= 0.6 is 35.6 Å². The Balaban J connectivity index is 0.00000512. The van der Waals surface area contributed by atoms with Crippen LogP contribution in [0.5, 0.6) is 0 Å². The molecule has 0 aliphatic rings. The first-order valence-electron chi connectivity index (χ1n) is 10.8. The largest absolute Gasteiger partial charge is 0.481 e. The lowest BCUT2D eigenvalue weighted by atomic mass is 10.2. The van der Waals surface area contributed by atoms with Crippen molar-refractivity contribution in [3.63, 3.8) is 0 Å². The van der Waals surface area contributed by atoms with Crippen LogP contribution in [-0.4, -0.2) is 45.3 Å². The van der Waals surface area contributed by atoms with Crippen LogP contribution < -0.4 is 4.90 Å². The SMILES string of the molecule is Cl.[2H]C([2H])(Cl)C([2H])([2H])N(c1ccc2c(c1)nc(CCCC(=O)O)n2C)C([2H])([2H])C([2H])([2H])Cl. The van der Waals surface area contributed by atoms with Crippen molar-refractivity contribution in [3.05, 3.63) is 24.0 Å². The number of hydrogen-bond acceptors (Lipinski definition) is 3. The van der Waals surface area contributed by atoms with Gasteiger partial charge in [-0.2, -0.15) is 0 Å². The smallest absolute Gasteiger partial charge is 0.303 e. The summed E-state index contributed by atoms with van der Waals surface area (Å²) in [7, 11) is 1.70. The third-order valence-electron chi connectivity index (χ3n) is 3.31. The van der Waals surface area contributed by atoms with Crippen molar-refractivity contribution in [3.8, 4) is 0 Å². The van der Waals surface area contributed by atoms with Crippen molar-refractivity contribution in [2.75, 3.05) is 29.6 Å². The van der Waals surface area contributed by atoms with E-state index in [1.54, 1.807) is 11.6 Å². The van der Waals surface area contributed by atoms with Crippen LogP contribution in [0.2, 0.25) is 0 Å². The molecule has 0 amide bonds. The highest BCUT2D eigenvalue weighted by atomic mass is 35.5. The Hall–Kier alpha value is -1.17. The standard InChI is InChI=1S/C16H21Cl2N3O2.ClH/c1-20-14-6-5-12(21(9-7-17)10-8-18)11-13(14)19-15(20)3-2-4-16(22)23;/h5-6,11H,2-4,7-10H2,1H3,(H,22,23);1H/i7D2,8D2,9D2,10D2;. The number of carbonyl (C=O) groups is 1. The Morgan fingerprint density at radius 2 is 2.04 bits per heavy atom. The minimum absolute atomic E-state index is 0. The molecule has 0 aliphatic heterocycles. The van der Waals surface area contributed by atoms with Crippen LogP contribution in [0.15, 0.2) is 18.2 Å². The molecular formula is C16H22Cl3N3O2. The summed E-state index contributed by atoms with van der Waals surface area (Å²) in [6.07, 6.45) is 0.653. The molecule has 24 heavy (non-hydrogen) atoms. The average molecular weight is 403 g/mol. The van der Waals surface area contributed by atoms with Crippen molar-refractivity contribution in [1.82, 2.24) is 9.55 Å². The Kier molecular flexibility index (Phi) is 4.75. The number of aliphatic carboxylic acids is 1. The molecule has 5 nitrogen and oxygen atoms in total. The summed E-state index contributed by atoms with van der Waals surface area (Å²) in [6.45, 7) is -6.43. The van der Waals surface area contributed by atoms with Gasteiger partial charge in [-0.15, -0.1) is 35.6 Å². The molecule has 0 unspecified atom stereocenters. The van der Waals surface area contributed by atoms with E-state index in [1.807, 2.05) is 0 Å². The maximum absolute atomic E-state index is 10.7. The Morgan fingerprint density at radius 3 is 2.62 bits per heavy atom. The zero-order valence-corrected chi connectivity index (χ0v) is 15.0. The van der Waals surface area contributed by atoms with Crippen molar-refractivity contribution < 1.29 is 20.9 Å². The van der Waals surface area contributed by atoms with Gasteiger partial charge in [-0.1, -0.05) is 0 Å². The van der Waals surface area contributed by atoms with Crippen molar-refractivity contribution in [1.29, 1.82) is 0 Å². The van der Waals surface area contributed by atoms with Gasteiger partial charge in [0.15, 0.2) is 0 Å². The summed E-state index contributed by atoms with van der Waals surface area (Å²) in [5.74, 6) is -6.61. The molecule has 0 saturated carbocycles. The number of fused-ring (bicyclic) bond motifs is 1. The molecule has 2 aromatic rings. The summed E-state index contributed by atoms with van der Waals surface area (Å²) in [5.41, 5.74) is 0.650. The van der Waals surface area contributed by atoms with Gasteiger partial charge in [-0.3, -0.25) is 4.79 Å². The summed E-state index contributed by atoms with van der Waals surface area (Å²) >= 11 is 11.1. The van der Waals surface area contributed by atoms with Gasteiger partial charge >= 0.3 is 5.97 Å². The van der Waals surface area contributed by atoms with Crippen LogP contribution in [-0.2, 0) is 18.3 Å². The third-order valence-corrected chi connectivity index (χ3v) is 3.48. The Labute approximate surface area is 169 Å². The van der Waals surface area contributed by atoms with E-state index in [0.717, 1.165) is 0 Å². The number of halogens is 3. The first-order valence-corrected chi connectivity index (χ1v) is 7.52. The van der Waals surface area contributed by atoms with Gasteiger partial charge < -0.3 is 14.6 Å². The van der Waals surface area contributed by atoms with Crippen molar-refractivity contribution >= 4 is 58.3 Å². The molecule has 0 fully saturated rings. The molecule has 0 radical (unpaired) electrons. The number of aryl methyl sites for hydroxylation is 2. The summed E-state index contributed by atoms with van der Waals surface area (Å²) in [5, 5.41) is 8.80. The summed E-state index contributed by atoms with van der Waals surface area (Å²) < 4.78 is 64.7. The van der Waals surface area contributed by atoms with E-state index in [0.29, 0.717) is 29.7 Å². The Bertz CT molecular complexity index is 950. The highest BCUT2D eigenvalue weighted by molar-refractivity contribution is 6.18. The van der Waals surface area contributed by atoms with Gasteiger partial charge in [0.2, 0.25) is 0 Å². The third kappa shape index (κ3) is 5.16. The van der Waals surface area contributed by atoms with E-state index in [9.17, 15) is 4.79 Å². The second-order valence-electron chi connectivity index (χ2n) is 4.76. The van der Waals surface area contributed by atoms with Crippen molar-refractivity contribution in [2.45, 2.75) is 19.3 Å². The molecule has 134 valence electrons. The number of alkyl halides is 2. The quantitative estimate of drug-likeness (QED) is 0.650. The Morgan fingerprint density at radius 1 is 1.38 bits per heavy atom. The minimum Gasteiger partial charge on any atom is -0.481 e. The van der Waals surface area contributed by atoms with Gasteiger partial charge in [-0.25, -0.2) is 4.98 Å². The van der Waals surface area contributed by atoms with Gasteiger partial charge in [-0.05, 0) is 24.6 Å². The zero-order valence-electron chi connectivity index (χ0n) is 20.7. The highest BCUT2D eigenvalue weighted by Gasteiger charge is 2.11. The lowest BCUT2D eigenvalue weighted by molar-refractivity contribution is -0.137. The highest BCUT2D eigenvalue weighted by Crippen LogP contribution is 2.23. The molecule has 0 atom stereocenters. The van der Waals surface area contributed by atoms with Crippen LogP contribution in [0.3, 0.4) is 0 Å². The molecule has 2 rings (SSSR count). The topological polar surface area (TPSA) is 58.4 Å². The van der Waals surface area contributed by atoms with Crippen LogP contribution in [0.1, 0.15) is 29.6 Å². The number of anilines is 1. The maximum atomic E-state index is 10.7. The molecule has 1 aromatic heterocycles. The van der Waals surface area contributed by atoms with E-state index in [1.165, 1.54) is 18.2 Å². The number of imidazole rings is 1. The maximum Gasteiger partial charge on any atom is 0.303 e. The van der Waals surface area contributed by atoms with Crippen LogP contribution in [0.4, 0.5) is 5.69 Å². The molecule has 1 aromatic carbocycles. The average Bonchev–Trinajstić information content (AvgIpc) is 2.88. The number of hydrogen-bond donors (Lipinski definition) is 1. The van der Waals surface area contributed by atoms with Gasteiger partial charge in [0, 0.05) is 55.7 Å². The monoisotopic (exact) mass is 401 g/mol. The van der Waals surface area contributed by atoms with E-state index in [-0.39, 0.29) is 29.4 Å². The number of rotatable bonds is 9. The molecule has 0 spiro atoms. The summed E-state index contributed by atoms with van der Waals surface area (Å²) in [6, 6.07) is 4.05. The second kappa shape index (κ2) is 9.97. The van der Waals surface area contributed by atoms with E-state index in [2.05, 4.69) is 4.98 Å². The molecule has 1 N–H and O–H groups in total. The first-order chi connectivity index (χ1) is 13.9. The van der Waals surface area contributed by atoms with E-state index in [4.69, 9.17) is 39.3 Å². The molecular weight excluding hydrogens is 373 g/mol. The molecule has 0 saturated heterocycles. The fourth-order valence-electron chi connectivity index (χ4n) is 2.24. The fraction of sp³-hybridized carbons (Fsp3) is 0.500. The molecule has 1 heterocycles. The predicted octanol–water partition coefficient (Wildman–Crippen LogP) is 3.69. The fourth-order valence-corrected chi connectivity index (χ4v) is 2.41. The molecule has 0 aliphatic carbocycles. The first kappa shape index (κ1) is 11.4.